The lowest BCUT2D eigenvalue weighted by molar-refractivity contribution is -0.229. The number of carbonyl (C=O) groups is 1. The zero-order chi connectivity index (χ0) is 19.4. The van der Waals surface area contributed by atoms with E-state index in [1.165, 1.54) is 0 Å². The number of rotatable bonds is 3. The van der Waals surface area contributed by atoms with Gasteiger partial charge in [-0.3, -0.25) is 4.79 Å². The molecule has 1 aromatic rings. The van der Waals surface area contributed by atoms with Crippen LogP contribution in [0.2, 0.25) is 0 Å². The Morgan fingerprint density at radius 1 is 0.926 bits per heavy atom. The molecule has 1 N–H and O–H groups in total. The average molecular weight is 379 g/mol. The van der Waals surface area contributed by atoms with Crippen LogP contribution in [0.5, 0.6) is 5.75 Å². The lowest BCUT2D eigenvalue weighted by Crippen LogP contribution is -2.58. The SMILES string of the molecule is COc1ccc(NC(=O)[C@@H]2O[C@H]3OC(C)(C)O[C@@H]3[C@H]3OC(C)(C)O[C@H]32)cc1. The first-order valence-electron chi connectivity index (χ1n) is 8.99. The highest BCUT2D eigenvalue weighted by atomic mass is 16.9. The summed E-state index contributed by atoms with van der Waals surface area (Å²) in [5, 5.41) is 2.85. The van der Waals surface area contributed by atoms with Crippen molar-refractivity contribution in [3.05, 3.63) is 24.3 Å². The smallest absolute Gasteiger partial charge is 0.256 e. The fraction of sp³-hybridized carbons (Fsp3) is 0.632. The van der Waals surface area contributed by atoms with E-state index in [1.807, 2.05) is 0 Å². The largest absolute Gasteiger partial charge is 0.497 e. The fourth-order valence-corrected chi connectivity index (χ4v) is 3.71. The lowest BCUT2D eigenvalue weighted by Gasteiger charge is -2.36. The number of benzene rings is 1. The monoisotopic (exact) mass is 379 g/mol. The number of anilines is 1. The van der Waals surface area contributed by atoms with Gasteiger partial charge in [-0.1, -0.05) is 0 Å². The van der Waals surface area contributed by atoms with E-state index in [0.717, 1.165) is 0 Å². The molecule has 0 radical (unpaired) electrons. The van der Waals surface area contributed by atoms with Gasteiger partial charge in [-0.05, 0) is 52.0 Å². The van der Waals surface area contributed by atoms with Crippen molar-refractivity contribution < 1.29 is 33.2 Å². The maximum absolute atomic E-state index is 12.9. The van der Waals surface area contributed by atoms with Crippen LogP contribution in [-0.4, -0.2) is 55.3 Å². The molecule has 0 unspecified atom stereocenters. The number of carbonyl (C=O) groups excluding carboxylic acids is 1. The highest BCUT2D eigenvalue weighted by Crippen LogP contribution is 2.44. The third-order valence-electron chi connectivity index (χ3n) is 4.77. The molecular formula is C19H25NO7. The van der Waals surface area contributed by atoms with E-state index in [1.54, 1.807) is 59.1 Å². The average Bonchev–Trinajstić information content (AvgIpc) is 3.08. The summed E-state index contributed by atoms with van der Waals surface area (Å²) >= 11 is 0. The molecule has 0 aromatic heterocycles. The second-order valence-corrected chi connectivity index (χ2v) is 7.81. The van der Waals surface area contributed by atoms with Crippen LogP contribution >= 0.6 is 0 Å². The molecule has 3 aliphatic rings. The van der Waals surface area contributed by atoms with Crippen LogP contribution in [0.25, 0.3) is 0 Å². The first-order chi connectivity index (χ1) is 12.7. The van der Waals surface area contributed by atoms with Crippen LogP contribution in [0.15, 0.2) is 24.3 Å². The van der Waals surface area contributed by atoms with Gasteiger partial charge < -0.3 is 33.7 Å². The molecule has 3 saturated heterocycles. The van der Waals surface area contributed by atoms with Gasteiger partial charge in [-0.25, -0.2) is 0 Å². The summed E-state index contributed by atoms with van der Waals surface area (Å²) < 4.78 is 34.8. The van der Waals surface area contributed by atoms with Crippen LogP contribution in [0.1, 0.15) is 27.7 Å². The summed E-state index contributed by atoms with van der Waals surface area (Å²) in [6.07, 6.45) is -3.12. The number of methoxy groups -OCH3 is 1. The Balaban J connectivity index is 1.55. The molecule has 8 heteroatoms. The zero-order valence-corrected chi connectivity index (χ0v) is 16.1. The van der Waals surface area contributed by atoms with Gasteiger partial charge in [0.05, 0.1) is 7.11 Å². The number of hydrogen-bond donors (Lipinski definition) is 1. The van der Waals surface area contributed by atoms with E-state index < -0.39 is 42.3 Å². The fourth-order valence-electron chi connectivity index (χ4n) is 3.71. The number of fused-ring (bicyclic) bond motifs is 3. The molecule has 5 atom stereocenters. The van der Waals surface area contributed by atoms with E-state index in [2.05, 4.69) is 5.32 Å². The molecule has 0 saturated carbocycles. The topological polar surface area (TPSA) is 84.5 Å². The van der Waals surface area contributed by atoms with Gasteiger partial charge in [0.2, 0.25) is 0 Å². The second-order valence-electron chi connectivity index (χ2n) is 7.81. The maximum Gasteiger partial charge on any atom is 0.256 e. The summed E-state index contributed by atoms with van der Waals surface area (Å²) in [6, 6.07) is 7.05. The Bertz CT molecular complexity index is 717. The molecule has 4 rings (SSSR count). The number of amides is 1. The van der Waals surface area contributed by atoms with E-state index in [0.29, 0.717) is 11.4 Å². The van der Waals surface area contributed by atoms with Crippen LogP contribution in [0, 0.1) is 0 Å². The predicted octanol–water partition coefficient (Wildman–Crippen LogP) is 2.03. The van der Waals surface area contributed by atoms with Crippen molar-refractivity contribution in [2.75, 3.05) is 12.4 Å². The number of hydrogen-bond acceptors (Lipinski definition) is 7. The lowest BCUT2D eigenvalue weighted by atomic mass is 9.98. The molecule has 1 aromatic carbocycles. The predicted molar refractivity (Wildman–Crippen MR) is 94.1 cm³/mol. The minimum absolute atomic E-state index is 0.330. The summed E-state index contributed by atoms with van der Waals surface area (Å²) in [4.78, 5) is 12.9. The Morgan fingerprint density at radius 3 is 2.19 bits per heavy atom. The quantitative estimate of drug-likeness (QED) is 0.860. The highest BCUT2D eigenvalue weighted by Gasteiger charge is 2.62. The van der Waals surface area contributed by atoms with Gasteiger partial charge in [0.25, 0.3) is 5.91 Å². The van der Waals surface area contributed by atoms with Crippen LogP contribution in [-0.2, 0) is 28.5 Å². The van der Waals surface area contributed by atoms with E-state index >= 15 is 0 Å². The van der Waals surface area contributed by atoms with Crippen molar-refractivity contribution in [1.82, 2.24) is 0 Å². The third-order valence-corrected chi connectivity index (χ3v) is 4.77. The van der Waals surface area contributed by atoms with Gasteiger partial charge in [0.1, 0.15) is 24.1 Å². The summed E-state index contributed by atoms with van der Waals surface area (Å²) in [7, 11) is 1.59. The van der Waals surface area contributed by atoms with Crippen molar-refractivity contribution in [2.24, 2.45) is 0 Å². The summed E-state index contributed by atoms with van der Waals surface area (Å²) in [5.74, 6) is -1.29. The minimum Gasteiger partial charge on any atom is -0.497 e. The minimum atomic E-state index is -0.891. The van der Waals surface area contributed by atoms with E-state index in [4.69, 9.17) is 28.4 Å². The zero-order valence-electron chi connectivity index (χ0n) is 16.1. The Labute approximate surface area is 158 Å². The Hall–Kier alpha value is -1.71. The number of nitrogens with one attached hydrogen (secondary N) is 1. The van der Waals surface area contributed by atoms with Gasteiger partial charge in [-0.2, -0.15) is 0 Å². The summed E-state index contributed by atoms with van der Waals surface area (Å²) in [6.45, 7) is 7.22. The van der Waals surface area contributed by atoms with E-state index in [9.17, 15) is 4.79 Å². The van der Waals surface area contributed by atoms with E-state index in [-0.39, 0.29) is 5.91 Å². The van der Waals surface area contributed by atoms with Crippen molar-refractivity contribution in [1.29, 1.82) is 0 Å². The standard InChI is InChI=1S/C19H25NO7/c1-18(2)24-12-13(25-18)15-17(27-19(3,4)26-15)23-14(12)16(21)20-10-6-8-11(22-5)9-7-10/h6-9,12-15,17H,1-5H3,(H,20,21)/t12-,13+,14-,15-,17+/m1/s1. The normalized spacial score (nSPS) is 36.0. The first kappa shape index (κ1) is 18.6. The van der Waals surface area contributed by atoms with Crippen molar-refractivity contribution in [3.8, 4) is 5.75 Å². The molecule has 1 amide bonds. The molecule has 8 nitrogen and oxygen atoms in total. The molecule has 0 aliphatic carbocycles. The number of ether oxygens (including phenoxy) is 6. The highest BCUT2D eigenvalue weighted by molar-refractivity contribution is 5.94. The maximum atomic E-state index is 12.9. The van der Waals surface area contributed by atoms with Gasteiger partial charge in [0.15, 0.2) is 24.0 Å². The molecule has 148 valence electrons. The van der Waals surface area contributed by atoms with Gasteiger partial charge in [-0.15, -0.1) is 0 Å². The van der Waals surface area contributed by atoms with Crippen molar-refractivity contribution >= 4 is 11.6 Å². The summed E-state index contributed by atoms with van der Waals surface area (Å²) in [5.41, 5.74) is 0.630. The Morgan fingerprint density at radius 2 is 1.52 bits per heavy atom. The molecule has 3 fully saturated rings. The van der Waals surface area contributed by atoms with Gasteiger partial charge in [0, 0.05) is 5.69 Å². The molecular weight excluding hydrogens is 354 g/mol. The molecule has 0 spiro atoms. The van der Waals surface area contributed by atoms with Gasteiger partial charge >= 0.3 is 0 Å². The van der Waals surface area contributed by atoms with Crippen molar-refractivity contribution in [2.45, 2.75) is 70.0 Å². The van der Waals surface area contributed by atoms with Crippen LogP contribution in [0.3, 0.4) is 0 Å². The van der Waals surface area contributed by atoms with Crippen LogP contribution in [0.4, 0.5) is 5.69 Å². The molecule has 3 aliphatic heterocycles. The van der Waals surface area contributed by atoms with Crippen molar-refractivity contribution in [3.63, 3.8) is 0 Å². The van der Waals surface area contributed by atoms with Crippen LogP contribution < -0.4 is 10.1 Å². The molecule has 3 heterocycles. The third kappa shape index (κ3) is 3.55. The molecule has 0 bridgehead atoms. The second kappa shape index (κ2) is 6.42. The first-order valence-corrected chi connectivity index (χ1v) is 8.99. The Kier molecular flexibility index (Phi) is 4.44. The molecule has 27 heavy (non-hydrogen) atoms.